The van der Waals surface area contributed by atoms with Crippen LogP contribution >= 0.6 is 0 Å². The molecule has 0 saturated carbocycles. The Labute approximate surface area is 172 Å². The SMILES string of the molecule is Cc1cccc(CCC(=O)N2CCCC(c3nnc4ccc(C(F)(F)F)cn34)C2)c1. The summed E-state index contributed by atoms with van der Waals surface area (Å²) < 4.78 is 40.7. The van der Waals surface area contributed by atoms with Gasteiger partial charge in [-0.3, -0.25) is 9.20 Å². The van der Waals surface area contributed by atoms with Crippen molar-refractivity contribution in [1.82, 2.24) is 19.5 Å². The van der Waals surface area contributed by atoms with Gasteiger partial charge in [0.25, 0.3) is 0 Å². The Morgan fingerprint density at radius 1 is 1.20 bits per heavy atom. The van der Waals surface area contributed by atoms with E-state index >= 15 is 0 Å². The van der Waals surface area contributed by atoms with Crippen LogP contribution in [0.25, 0.3) is 5.65 Å². The second-order valence-electron chi connectivity index (χ2n) is 7.87. The van der Waals surface area contributed by atoms with Gasteiger partial charge in [0.05, 0.1) is 5.56 Å². The summed E-state index contributed by atoms with van der Waals surface area (Å²) in [5, 5.41) is 8.16. The topological polar surface area (TPSA) is 50.5 Å². The van der Waals surface area contributed by atoms with Crippen molar-refractivity contribution in [3.05, 3.63) is 65.1 Å². The molecule has 1 aliphatic rings. The highest BCUT2D eigenvalue weighted by Gasteiger charge is 2.32. The van der Waals surface area contributed by atoms with E-state index in [0.29, 0.717) is 37.4 Å². The lowest BCUT2D eigenvalue weighted by molar-refractivity contribution is -0.137. The molecule has 0 N–H and O–H groups in total. The number of amides is 1. The Bertz CT molecular complexity index is 1060. The molecule has 4 rings (SSSR count). The second kappa shape index (κ2) is 8.08. The first-order valence-corrected chi connectivity index (χ1v) is 10.1. The summed E-state index contributed by atoms with van der Waals surface area (Å²) in [6, 6.07) is 10.4. The van der Waals surface area contributed by atoms with Crippen molar-refractivity contribution in [2.75, 3.05) is 13.1 Å². The summed E-state index contributed by atoms with van der Waals surface area (Å²) >= 11 is 0. The minimum Gasteiger partial charge on any atom is -0.342 e. The van der Waals surface area contributed by atoms with Gasteiger partial charge in [-0.25, -0.2) is 0 Å². The summed E-state index contributed by atoms with van der Waals surface area (Å²) in [5.41, 5.74) is 1.92. The number of halogens is 3. The summed E-state index contributed by atoms with van der Waals surface area (Å²) in [6.07, 6.45) is -0.754. The molecule has 5 nitrogen and oxygen atoms in total. The Morgan fingerprint density at radius 2 is 2.03 bits per heavy atom. The lowest BCUT2D eigenvalue weighted by Gasteiger charge is -2.32. The minimum absolute atomic E-state index is 0.0611. The van der Waals surface area contributed by atoms with Crippen molar-refractivity contribution in [2.24, 2.45) is 0 Å². The number of likely N-dealkylation sites (tertiary alicyclic amines) is 1. The molecular weight excluding hydrogens is 393 g/mol. The van der Waals surface area contributed by atoms with Crippen molar-refractivity contribution >= 4 is 11.6 Å². The Kier molecular flexibility index (Phi) is 5.49. The quantitative estimate of drug-likeness (QED) is 0.634. The number of piperidine rings is 1. The number of alkyl halides is 3. The molecule has 0 radical (unpaired) electrons. The molecule has 1 atom stereocenters. The zero-order valence-electron chi connectivity index (χ0n) is 16.7. The number of rotatable bonds is 4. The van der Waals surface area contributed by atoms with Crippen LogP contribution in [-0.4, -0.2) is 38.5 Å². The Morgan fingerprint density at radius 3 is 2.80 bits per heavy atom. The predicted octanol–water partition coefficient (Wildman–Crippen LogP) is 4.40. The zero-order chi connectivity index (χ0) is 21.3. The van der Waals surface area contributed by atoms with E-state index in [4.69, 9.17) is 0 Å². The fraction of sp³-hybridized carbons (Fsp3) is 0.409. The van der Waals surface area contributed by atoms with Gasteiger partial charge in [-0.2, -0.15) is 13.2 Å². The van der Waals surface area contributed by atoms with Crippen molar-refractivity contribution in [1.29, 1.82) is 0 Å². The lowest BCUT2D eigenvalue weighted by Crippen LogP contribution is -2.39. The van der Waals surface area contributed by atoms with Gasteiger partial charge < -0.3 is 4.90 Å². The van der Waals surface area contributed by atoms with E-state index in [1.807, 2.05) is 25.1 Å². The largest absolute Gasteiger partial charge is 0.417 e. The molecule has 3 heterocycles. The van der Waals surface area contributed by atoms with Crippen molar-refractivity contribution in [2.45, 2.75) is 44.7 Å². The Balaban J connectivity index is 1.48. The zero-order valence-corrected chi connectivity index (χ0v) is 16.7. The number of fused-ring (bicyclic) bond motifs is 1. The van der Waals surface area contributed by atoms with Crippen LogP contribution in [0.1, 0.15) is 47.7 Å². The first kappa shape index (κ1) is 20.4. The van der Waals surface area contributed by atoms with Gasteiger partial charge in [-0.15, -0.1) is 10.2 Å². The molecule has 1 fully saturated rings. The molecule has 3 aromatic rings. The molecule has 1 unspecified atom stereocenters. The van der Waals surface area contributed by atoms with Gasteiger partial charge >= 0.3 is 6.18 Å². The lowest BCUT2D eigenvalue weighted by atomic mass is 9.96. The van der Waals surface area contributed by atoms with Crippen LogP contribution in [0.4, 0.5) is 13.2 Å². The molecule has 2 aromatic heterocycles. The molecule has 0 bridgehead atoms. The number of aromatic nitrogens is 3. The molecule has 8 heteroatoms. The molecular formula is C22H23F3N4O. The fourth-order valence-electron chi connectivity index (χ4n) is 4.05. The minimum atomic E-state index is -4.43. The maximum Gasteiger partial charge on any atom is 0.417 e. The standard InChI is InChI=1S/C22H23F3N4O/c1-15-4-2-5-16(12-15)7-10-20(30)28-11-3-6-17(13-28)21-27-26-19-9-8-18(14-29(19)21)22(23,24)25/h2,4-5,8-9,12,14,17H,3,6-7,10-11,13H2,1H3. The molecule has 158 valence electrons. The third-order valence-corrected chi connectivity index (χ3v) is 5.61. The van der Waals surface area contributed by atoms with E-state index in [1.165, 1.54) is 10.5 Å². The first-order valence-electron chi connectivity index (χ1n) is 10.1. The maximum absolute atomic E-state index is 13.1. The summed E-state index contributed by atoms with van der Waals surface area (Å²) in [4.78, 5) is 14.6. The van der Waals surface area contributed by atoms with Gasteiger partial charge in [-0.05, 0) is 43.9 Å². The van der Waals surface area contributed by atoms with Gasteiger partial charge in [0.15, 0.2) is 5.65 Å². The highest BCUT2D eigenvalue weighted by atomic mass is 19.4. The van der Waals surface area contributed by atoms with Crippen LogP contribution in [0.15, 0.2) is 42.6 Å². The van der Waals surface area contributed by atoms with Crippen molar-refractivity contribution in [3.63, 3.8) is 0 Å². The predicted molar refractivity (Wildman–Crippen MR) is 106 cm³/mol. The van der Waals surface area contributed by atoms with Gasteiger partial charge in [-0.1, -0.05) is 29.8 Å². The van der Waals surface area contributed by atoms with Crippen LogP contribution in [0.5, 0.6) is 0 Å². The number of hydrogen-bond donors (Lipinski definition) is 0. The number of nitrogens with zero attached hydrogens (tertiary/aromatic N) is 4. The van der Waals surface area contributed by atoms with E-state index in [1.54, 1.807) is 4.90 Å². The number of aryl methyl sites for hydroxylation is 2. The van der Waals surface area contributed by atoms with E-state index in [9.17, 15) is 18.0 Å². The van der Waals surface area contributed by atoms with Gasteiger partial charge in [0.1, 0.15) is 5.82 Å². The van der Waals surface area contributed by atoms with Crippen LogP contribution < -0.4 is 0 Å². The smallest absolute Gasteiger partial charge is 0.342 e. The van der Waals surface area contributed by atoms with Crippen molar-refractivity contribution < 1.29 is 18.0 Å². The van der Waals surface area contributed by atoms with Crippen LogP contribution in [0.2, 0.25) is 0 Å². The average Bonchev–Trinajstić information content (AvgIpc) is 3.15. The Hall–Kier alpha value is -2.90. The third-order valence-electron chi connectivity index (χ3n) is 5.61. The molecule has 1 amide bonds. The molecule has 1 saturated heterocycles. The fourth-order valence-corrected chi connectivity index (χ4v) is 4.05. The highest BCUT2D eigenvalue weighted by molar-refractivity contribution is 5.76. The molecule has 30 heavy (non-hydrogen) atoms. The number of benzene rings is 1. The normalized spacial score (nSPS) is 17.5. The van der Waals surface area contributed by atoms with E-state index in [0.717, 1.165) is 36.2 Å². The molecule has 0 aliphatic carbocycles. The second-order valence-corrected chi connectivity index (χ2v) is 7.87. The monoisotopic (exact) mass is 416 g/mol. The van der Waals surface area contributed by atoms with Crippen LogP contribution in [0.3, 0.4) is 0 Å². The third kappa shape index (κ3) is 4.32. The van der Waals surface area contributed by atoms with Crippen LogP contribution in [0, 0.1) is 6.92 Å². The van der Waals surface area contributed by atoms with E-state index in [-0.39, 0.29) is 11.8 Å². The van der Waals surface area contributed by atoms with E-state index < -0.39 is 11.7 Å². The first-order chi connectivity index (χ1) is 14.3. The summed E-state index contributed by atoms with van der Waals surface area (Å²) in [6.45, 7) is 3.13. The highest BCUT2D eigenvalue weighted by Crippen LogP contribution is 2.31. The average molecular weight is 416 g/mol. The summed E-state index contributed by atoms with van der Waals surface area (Å²) in [5.74, 6) is 0.401. The number of carbonyl (C=O) groups excluding carboxylic acids is 1. The number of pyridine rings is 1. The molecule has 1 aromatic carbocycles. The van der Waals surface area contributed by atoms with Crippen molar-refractivity contribution in [3.8, 4) is 0 Å². The maximum atomic E-state index is 13.1. The van der Waals surface area contributed by atoms with Gasteiger partial charge in [0, 0.05) is 31.6 Å². The molecule has 1 aliphatic heterocycles. The number of hydrogen-bond acceptors (Lipinski definition) is 3. The molecule has 0 spiro atoms. The van der Waals surface area contributed by atoms with E-state index in [2.05, 4.69) is 16.3 Å². The summed E-state index contributed by atoms with van der Waals surface area (Å²) in [7, 11) is 0. The van der Waals surface area contributed by atoms with Gasteiger partial charge in [0.2, 0.25) is 5.91 Å². The number of carbonyl (C=O) groups is 1. The van der Waals surface area contributed by atoms with Crippen LogP contribution in [-0.2, 0) is 17.4 Å².